The van der Waals surface area contributed by atoms with Gasteiger partial charge in [-0.2, -0.15) is 13.2 Å². The van der Waals surface area contributed by atoms with Crippen molar-refractivity contribution in [1.82, 2.24) is 20.3 Å². The maximum atomic E-state index is 13.5. The van der Waals surface area contributed by atoms with Gasteiger partial charge in [0, 0.05) is 27.9 Å². The average Bonchev–Trinajstić information content (AvgIpc) is 3.41. The lowest BCUT2D eigenvalue weighted by atomic mass is 10.1. The molecule has 13 heteroatoms. The largest absolute Gasteiger partial charge is 0.417 e. The van der Waals surface area contributed by atoms with Crippen molar-refractivity contribution >= 4 is 39.8 Å². The van der Waals surface area contributed by atoms with E-state index < -0.39 is 29.3 Å². The molecule has 0 saturated heterocycles. The van der Waals surface area contributed by atoms with Crippen LogP contribution >= 0.6 is 11.3 Å². The van der Waals surface area contributed by atoms with Crippen LogP contribution in [0.25, 0.3) is 21.3 Å². The molecule has 3 heterocycles. The summed E-state index contributed by atoms with van der Waals surface area (Å²) in [5.74, 6) is -2.74. The molecule has 0 aliphatic rings. The van der Waals surface area contributed by atoms with Gasteiger partial charge in [-0.25, -0.2) is 23.7 Å². The molecule has 1 amide bonds. The number of rotatable bonds is 7. The fraction of sp³-hybridized carbons (Fsp3) is 0.111. The molecule has 5 rings (SSSR count). The van der Waals surface area contributed by atoms with E-state index in [-0.39, 0.29) is 30.0 Å². The normalized spacial score (nSPS) is 11.5. The average molecular weight is 571 g/mol. The molecule has 0 atom stereocenters. The zero-order valence-electron chi connectivity index (χ0n) is 20.4. The van der Waals surface area contributed by atoms with Gasteiger partial charge in [-0.15, -0.1) is 11.3 Å². The Morgan fingerprint density at radius 3 is 2.52 bits per heavy atom. The van der Waals surface area contributed by atoms with E-state index in [2.05, 4.69) is 25.6 Å². The number of carbonyl (C=O) groups is 1. The summed E-state index contributed by atoms with van der Waals surface area (Å²) in [5.41, 5.74) is 6.34. The SMILES string of the molecule is Nc1ncnc2ccc(-c3ccc(CNc4ncc(C(F)(F)F)cc4C(=O)NCc4ccc(F)c(F)c4)s3)cc12. The lowest BCUT2D eigenvalue weighted by molar-refractivity contribution is -0.137. The first-order valence-corrected chi connectivity index (χ1v) is 12.5. The summed E-state index contributed by atoms with van der Waals surface area (Å²) in [6.45, 7) is -0.0629. The first-order chi connectivity index (χ1) is 19.1. The Morgan fingerprint density at radius 1 is 0.925 bits per heavy atom. The van der Waals surface area contributed by atoms with Gasteiger partial charge in [0.15, 0.2) is 11.6 Å². The van der Waals surface area contributed by atoms with Gasteiger partial charge in [-0.3, -0.25) is 4.79 Å². The van der Waals surface area contributed by atoms with Crippen LogP contribution < -0.4 is 16.4 Å². The van der Waals surface area contributed by atoms with Crippen LogP contribution in [0.5, 0.6) is 0 Å². The van der Waals surface area contributed by atoms with Crippen molar-refractivity contribution in [2.45, 2.75) is 19.3 Å². The summed E-state index contributed by atoms with van der Waals surface area (Å²) in [6, 6.07) is 13.1. The number of pyridine rings is 1. The first kappa shape index (κ1) is 26.9. The summed E-state index contributed by atoms with van der Waals surface area (Å²) in [6.07, 6.45) is -2.70. The summed E-state index contributed by atoms with van der Waals surface area (Å²) in [7, 11) is 0. The molecule has 2 aromatic carbocycles. The van der Waals surface area contributed by atoms with E-state index in [0.29, 0.717) is 29.0 Å². The first-order valence-electron chi connectivity index (χ1n) is 11.7. The van der Waals surface area contributed by atoms with Gasteiger partial charge < -0.3 is 16.4 Å². The topological polar surface area (TPSA) is 106 Å². The second kappa shape index (κ2) is 10.8. The number of halogens is 5. The van der Waals surface area contributed by atoms with E-state index in [0.717, 1.165) is 27.5 Å². The predicted octanol–water partition coefficient (Wildman–Crippen LogP) is 6.17. The second-order valence-corrected chi connectivity index (χ2v) is 9.83. The van der Waals surface area contributed by atoms with E-state index in [1.54, 1.807) is 0 Å². The van der Waals surface area contributed by atoms with Crippen LogP contribution in [0.4, 0.5) is 33.6 Å². The Bertz CT molecular complexity index is 1720. The number of nitrogen functional groups attached to an aromatic ring is 1. The molecule has 204 valence electrons. The Morgan fingerprint density at radius 2 is 1.75 bits per heavy atom. The van der Waals surface area contributed by atoms with Crippen LogP contribution in [0.2, 0.25) is 0 Å². The van der Waals surface area contributed by atoms with E-state index >= 15 is 0 Å². The van der Waals surface area contributed by atoms with Gasteiger partial charge >= 0.3 is 6.18 Å². The Balaban J connectivity index is 1.34. The third-order valence-corrected chi connectivity index (χ3v) is 7.07. The number of alkyl halides is 3. The third-order valence-electron chi connectivity index (χ3n) is 5.94. The van der Waals surface area contributed by atoms with Crippen molar-refractivity contribution in [1.29, 1.82) is 0 Å². The number of anilines is 2. The van der Waals surface area contributed by atoms with Crippen molar-refractivity contribution in [3.63, 3.8) is 0 Å². The molecule has 0 radical (unpaired) electrons. The molecule has 7 nitrogen and oxygen atoms in total. The number of hydrogen-bond acceptors (Lipinski definition) is 7. The Hall–Kier alpha value is -4.65. The highest BCUT2D eigenvalue weighted by Gasteiger charge is 2.32. The van der Waals surface area contributed by atoms with Crippen LogP contribution in [0, 0.1) is 11.6 Å². The molecule has 0 unspecified atom stereocenters. The van der Waals surface area contributed by atoms with Crippen LogP contribution in [-0.4, -0.2) is 20.9 Å². The number of nitrogens with zero attached hydrogens (tertiary/aromatic N) is 3. The lowest BCUT2D eigenvalue weighted by Crippen LogP contribution is -2.25. The van der Waals surface area contributed by atoms with Gasteiger partial charge in [0.25, 0.3) is 5.91 Å². The monoisotopic (exact) mass is 570 g/mol. The molecule has 0 saturated carbocycles. The van der Waals surface area contributed by atoms with Gasteiger partial charge in [0.2, 0.25) is 0 Å². The molecule has 3 aromatic heterocycles. The molecule has 0 aliphatic heterocycles. The van der Waals surface area contributed by atoms with E-state index in [1.807, 2.05) is 30.3 Å². The lowest BCUT2D eigenvalue weighted by Gasteiger charge is -2.14. The second-order valence-electron chi connectivity index (χ2n) is 8.66. The smallest absolute Gasteiger partial charge is 0.383 e. The predicted molar refractivity (Wildman–Crippen MR) is 141 cm³/mol. The highest BCUT2D eigenvalue weighted by atomic mass is 32.1. The number of nitrogens with one attached hydrogen (secondary N) is 2. The number of thiophene rings is 1. The number of benzene rings is 2. The minimum Gasteiger partial charge on any atom is -0.383 e. The van der Waals surface area contributed by atoms with E-state index in [9.17, 15) is 26.7 Å². The molecule has 40 heavy (non-hydrogen) atoms. The molecular weight excluding hydrogens is 551 g/mol. The third kappa shape index (κ3) is 5.83. The number of carbonyl (C=O) groups excluding carboxylic acids is 1. The number of fused-ring (bicyclic) bond motifs is 1. The number of nitrogens with two attached hydrogens (primary N) is 1. The Kier molecular flexibility index (Phi) is 7.30. The van der Waals surface area contributed by atoms with Gasteiger partial charge in [0.05, 0.1) is 23.2 Å². The van der Waals surface area contributed by atoms with Crippen LogP contribution in [-0.2, 0) is 19.3 Å². The molecule has 0 bridgehead atoms. The minimum absolute atomic E-state index is 0.0682. The highest BCUT2D eigenvalue weighted by Crippen LogP contribution is 2.33. The van der Waals surface area contributed by atoms with Crippen molar-refractivity contribution in [3.05, 3.63) is 100 Å². The molecule has 4 N–H and O–H groups in total. The zero-order valence-corrected chi connectivity index (χ0v) is 21.2. The number of aromatic nitrogens is 3. The highest BCUT2D eigenvalue weighted by molar-refractivity contribution is 7.15. The summed E-state index contributed by atoms with van der Waals surface area (Å²) in [5, 5.41) is 6.07. The maximum Gasteiger partial charge on any atom is 0.417 e. The molecule has 0 fully saturated rings. The molecule has 0 aliphatic carbocycles. The quantitative estimate of drug-likeness (QED) is 0.202. The molecule has 0 spiro atoms. The molecule has 5 aromatic rings. The fourth-order valence-electron chi connectivity index (χ4n) is 3.89. The van der Waals surface area contributed by atoms with E-state index in [4.69, 9.17) is 5.73 Å². The number of hydrogen-bond donors (Lipinski definition) is 3. The van der Waals surface area contributed by atoms with Gasteiger partial charge in [0.1, 0.15) is 18.0 Å². The van der Waals surface area contributed by atoms with Gasteiger partial charge in [-0.1, -0.05) is 12.1 Å². The van der Waals surface area contributed by atoms with Crippen molar-refractivity contribution in [2.75, 3.05) is 11.1 Å². The molecular formula is C27H19F5N6OS. The van der Waals surface area contributed by atoms with Crippen LogP contribution in [0.15, 0.2) is 67.1 Å². The van der Waals surface area contributed by atoms with Gasteiger partial charge in [-0.05, 0) is 53.6 Å². The van der Waals surface area contributed by atoms with E-state index in [1.165, 1.54) is 23.7 Å². The standard InChI is InChI=1S/C27H19F5N6OS/c28-20-4-1-14(7-21(20)29)10-36-26(39)19-9-16(27(30,31)32)11-34-25(19)35-12-17-3-6-23(40-17)15-2-5-22-18(8-15)24(33)38-13-37-22/h1-9,11,13H,10,12H2,(H,34,35)(H,36,39)(H2,33,37,38). The van der Waals surface area contributed by atoms with Crippen molar-refractivity contribution in [3.8, 4) is 10.4 Å². The fourth-order valence-corrected chi connectivity index (χ4v) is 4.83. The maximum absolute atomic E-state index is 13.5. The van der Waals surface area contributed by atoms with Crippen molar-refractivity contribution in [2.24, 2.45) is 0 Å². The van der Waals surface area contributed by atoms with Crippen LogP contribution in [0.3, 0.4) is 0 Å². The van der Waals surface area contributed by atoms with Crippen molar-refractivity contribution < 1.29 is 26.7 Å². The summed E-state index contributed by atoms with van der Waals surface area (Å²) in [4.78, 5) is 26.6. The summed E-state index contributed by atoms with van der Waals surface area (Å²) >= 11 is 1.43. The zero-order chi connectivity index (χ0) is 28.4. The van der Waals surface area contributed by atoms with Crippen LogP contribution in [0.1, 0.15) is 26.4 Å². The minimum atomic E-state index is -4.72. The number of amides is 1. The Labute approximate surface area is 227 Å². The summed E-state index contributed by atoms with van der Waals surface area (Å²) < 4.78 is 66.7.